The number of anilines is 1. The van der Waals surface area contributed by atoms with Gasteiger partial charge in [-0.3, -0.25) is 4.79 Å². The molecule has 2 fully saturated rings. The van der Waals surface area contributed by atoms with Crippen molar-refractivity contribution in [3.8, 4) is 0 Å². The third-order valence-corrected chi connectivity index (χ3v) is 6.12. The summed E-state index contributed by atoms with van der Waals surface area (Å²) in [6.07, 6.45) is 4.32. The Bertz CT molecular complexity index is 642. The van der Waals surface area contributed by atoms with Gasteiger partial charge >= 0.3 is 0 Å². The van der Waals surface area contributed by atoms with E-state index >= 15 is 0 Å². The minimum atomic E-state index is -0.558. The Kier molecular flexibility index (Phi) is 4.62. The van der Waals surface area contributed by atoms with Crippen LogP contribution in [-0.2, 0) is 14.9 Å². The molecule has 2 heterocycles. The van der Waals surface area contributed by atoms with Crippen molar-refractivity contribution in [1.29, 1.82) is 0 Å². The third-order valence-electron chi connectivity index (χ3n) is 6.12. The molecule has 2 aliphatic heterocycles. The number of carbonyl (C=O) groups is 1. The zero-order valence-corrected chi connectivity index (χ0v) is 14.5. The molecule has 1 aliphatic carbocycles. The minimum absolute atomic E-state index is 0. The first kappa shape index (κ1) is 17.6. The van der Waals surface area contributed by atoms with E-state index < -0.39 is 5.41 Å². The molecule has 132 valence electrons. The van der Waals surface area contributed by atoms with Crippen LogP contribution in [0.3, 0.4) is 0 Å². The molecular weight excluding hydrogens is 331 g/mol. The summed E-state index contributed by atoms with van der Waals surface area (Å²) in [5, 5.41) is 0. The van der Waals surface area contributed by atoms with E-state index in [2.05, 4.69) is 0 Å². The molecule has 1 spiro atoms. The molecule has 4 nitrogen and oxygen atoms in total. The van der Waals surface area contributed by atoms with Gasteiger partial charge in [-0.15, -0.1) is 12.4 Å². The maximum Gasteiger partial charge on any atom is 0.234 e. The van der Waals surface area contributed by atoms with E-state index in [0.29, 0.717) is 39.1 Å². The smallest absolute Gasteiger partial charge is 0.234 e. The van der Waals surface area contributed by atoms with Crippen LogP contribution >= 0.6 is 12.4 Å². The van der Waals surface area contributed by atoms with E-state index in [4.69, 9.17) is 10.5 Å². The zero-order chi connectivity index (χ0) is 16.1. The van der Waals surface area contributed by atoms with Gasteiger partial charge in [-0.2, -0.15) is 0 Å². The van der Waals surface area contributed by atoms with Crippen LogP contribution in [0.5, 0.6) is 0 Å². The third kappa shape index (κ3) is 2.37. The second-order valence-electron chi connectivity index (χ2n) is 7.26. The van der Waals surface area contributed by atoms with E-state index in [9.17, 15) is 9.18 Å². The zero-order valence-electron chi connectivity index (χ0n) is 13.7. The van der Waals surface area contributed by atoms with Gasteiger partial charge in [-0.1, -0.05) is 12.5 Å². The number of amides is 1. The van der Waals surface area contributed by atoms with Gasteiger partial charge in [0.1, 0.15) is 5.82 Å². The molecule has 1 saturated heterocycles. The molecule has 4 rings (SSSR count). The molecule has 6 heteroatoms. The number of ether oxygens (including phenoxy) is 1. The van der Waals surface area contributed by atoms with Crippen molar-refractivity contribution < 1.29 is 13.9 Å². The number of nitrogens with zero attached hydrogens (tertiary/aromatic N) is 1. The van der Waals surface area contributed by atoms with Gasteiger partial charge in [-0.05, 0) is 37.8 Å². The van der Waals surface area contributed by atoms with Crippen molar-refractivity contribution in [2.45, 2.75) is 37.5 Å². The molecule has 3 aliphatic rings. The molecule has 1 aromatic rings. The van der Waals surface area contributed by atoms with Gasteiger partial charge < -0.3 is 15.4 Å². The summed E-state index contributed by atoms with van der Waals surface area (Å²) in [5.74, 6) is -0.120. The normalized spacial score (nSPS) is 23.3. The van der Waals surface area contributed by atoms with Crippen LogP contribution in [0.2, 0.25) is 0 Å². The molecule has 0 radical (unpaired) electrons. The minimum Gasteiger partial charge on any atom is -0.381 e. The number of fused-ring (bicyclic) bond motifs is 2. The maximum atomic E-state index is 14.5. The SMILES string of the molecule is Cl.NCC1(C(=O)N2CC3(CCC3)c3c(F)cccc32)CCOCC1. The number of hydrogen-bond donors (Lipinski definition) is 1. The van der Waals surface area contributed by atoms with Crippen molar-refractivity contribution >= 4 is 24.0 Å². The highest BCUT2D eigenvalue weighted by Gasteiger charge is 2.53. The molecule has 0 unspecified atom stereocenters. The van der Waals surface area contributed by atoms with Crippen LogP contribution in [0.25, 0.3) is 0 Å². The number of hydrogen-bond acceptors (Lipinski definition) is 3. The van der Waals surface area contributed by atoms with Crippen LogP contribution in [0.15, 0.2) is 18.2 Å². The van der Waals surface area contributed by atoms with Gasteiger partial charge in [0, 0.05) is 37.3 Å². The van der Waals surface area contributed by atoms with E-state index in [1.165, 1.54) is 6.07 Å². The van der Waals surface area contributed by atoms with Gasteiger partial charge in [-0.25, -0.2) is 4.39 Å². The number of nitrogens with two attached hydrogens (primary N) is 1. The van der Waals surface area contributed by atoms with Crippen LogP contribution in [0.1, 0.15) is 37.7 Å². The molecule has 0 bridgehead atoms. The Hall–Kier alpha value is -1.17. The predicted molar refractivity (Wildman–Crippen MR) is 93.1 cm³/mol. The highest BCUT2D eigenvalue weighted by molar-refractivity contribution is 6.00. The van der Waals surface area contributed by atoms with Crippen molar-refractivity contribution in [3.05, 3.63) is 29.6 Å². The molecule has 0 atom stereocenters. The fourth-order valence-corrected chi connectivity index (χ4v) is 4.48. The Labute approximate surface area is 147 Å². The first-order valence-corrected chi connectivity index (χ1v) is 8.51. The number of halogens is 2. The molecule has 1 saturated carbocycles. The number of benzene rings is 1. The fraction of sp³-hybridized carbons (Fsp3) is 0.611. The summed E-state index contributed by atoms with van der Waals surface area (Å²) in [6, 6.07) is 5.10. The summed E-state index contributed by atoms with van der Waals surface area (Å²) >= 11 is 0. The largest absolute Gasteiger partial charge is 0.381 e. The van der Waals surface area contributed by atoms with Gasteiger partial charge in [0.05, 0.1) is 11.1 Å². The second-order valence-corrected chi connectivity index (χ2v) is 7.26. The lowest BCUT2D eigenvalue weighted by Crippen LogP contribution is -2.52. The summed E-state index contributed by atoms with van der Waals surface area (Å²) in [5.41, 5.74) is 6.77. The Morgan fingerprint density at radius 3 is 2.54 bits per heavy atom. The van der Waals surface area contributed by atoms with Crippen molar-refractivity contribution in [3.63, 3.8) is 0 Å². The number of carbonyl (C=O) groups excluding carboxylic acids is 1. The lowest BCUT2D eigenvalue weighted by molar-refractivity contribution is -0.133. The van der Waals surface area contributed by atoms with Crippen molar-refractivity contribution in [2.75, 3.05) is 31.2 Å². The summed E-state index contributed by atoms with van der Waals surface area (Å²) in [4.78, 5) is 15.1. The Morgan fingerprint density at radius 1 is 1.25 bits per heavy atom. The molecule has 1 amide bonds. The van der Waals surface area contributed by atoms with Crippen molar-refractivity contribution in [2.24, 2.45) is 11.1 Å². The Morgan fingerprint density at radius 2 is 1.96 bits per heavy atom. The van der Waals surface area contributed by atoms with Gasteiger partial charge in [0.2, 0.25) is 5.91 Å². The van der Waals surface area contributed by atoms with Crippen LogP contribution < -0.4 is 10.6 Å². The standard InChI is InChI=1S/C18H23FN2O2.ClH/c19-13-3-1-4-14-15(13)18(5-2-6-18)12-21(14)16(22)17(11-20)7-9-23-10-8-17;/h1,3-4H,2,5-12,20H2;1H. The average molecular weight is 355 g/mol. The van der Waals surface area contributed by atoms with E-state index in [1.807, 2.05) is 11.0 Å². The summed E-state index contributed by atoms with van der Waals surface area (Å²) in [6.45, 7) is 2.06. The van der Waals surface area contributed by atoms with Crippen LogP contribution in [0.4, 0.5) is 10.1 Å². The highest BCUT2D eigenvalue weighted by atomic mass is 35.5. The molecule has 1 aromatic carbocycles. The molecule has 0 aromatic heterocycles. The molecule has 24 heavy (non-hydrogen) atoms. The van der Waals surface area contributed by atoms with E-state index in [-0.39, 0.29) is 29.5 Å². The monoisotopic (exact) mass is 354 g/mol. The topological polar surface area (TPSA) is 55.6 Å². The van der Waals surface area contributed by atoms with Gasteiger partial charge in [0.15, 0.2) is 0 Å². The lowest BCUT2D eigenvalue weighted by Gasteiger charge is -2.41. The highest BCUT2D eigenvalue weighted by Crippen LogP contribution is 2.54. The summed E-state index contributed by atoms with van der Waals surface area (Å²) in [7, 11) is 0. The first-order chi connectivity index (χ1) is 11.1. The maximum absolute atomic E-state index is 14.5. The quantitative estimate of drug-likeness (QED) is 0.888. The second kappa shape index (κ2) is 6.28. The van der Waals surface area contributed by atoms with E-state index in [1.54, 1.807) is 6.07 Å². The summed E-state index contributed by atoms with van der Waals surface area (Å²) < 4.78 is 19.9. The Balaban J connectivity index is 0.00000169. The molecular formula is C18H24ClFN2O2. The number of rotatable bonds is 2. The first-order valence-electron chi connectivity index (χ1n) is 8.51. The predicted octanol–water partition coefficient (Wildman–Crippen LogP) is 2.77. The van der Waals surface area contributed by atoms with Crippen LogP contribution in [-0.4, -0.2) is 32.2 Å². The lowest BCUT2D eigenvalue weighted by atomic mass is 9.65. The average Bonchev–Trinajstić information content (AvgIpc) is 2.92. The van der Waals surface area contributed by atoms with Crippen molar-refractivity contribution in [1.82, 2.24) is 0 Å². The van der Waals surface area contributed by atoms with Crippen LogP contribution in [0, 0.1) is 11.2 Å². The fourth-order valence-electron chi connectivity index (χ4n) is 4.48. The van der Waals surface area contributed by atoms with E-state index in [0.717, 1.165) is 30.5 Å². The molecule has 2 N–H and O–H groups in total. The van der Waals surface area contributed by atoms with Gasteiger partial charge in [0.25, 0.3) is 0 Å².